The molecule has 0 bridgehead atoms. The highest BCUT2D eigenvalue weighted by Gasteiger charge is 2.38. The summed E-state index contributed by atoms with van der Waals surface area (Å²) in [4.78, 5) is 0. The van der Waals surface area contributed by atoms with Crippen LogP contribution in [0.15, 0.2) is 12.1 Å². The van der Waals surface area contributed by atoms with Gasteiger partial charge in [-0.15, -0.1) is 0 Å². The van der Waals surface area contributed by atoms with Gasteiger partial charge in [-0.2, -0.15) is 0 Å². The Morgan fingerprint density at radius 3 is 2.50 bits per heavy atom. The van der Waals surface area contributed by atoms with Crippen LogP contribution in [0.5, 0.6) is 5.75 Å². The van der Waals surface area contributed by atoms with Gasteiger partial charge in [-0.25, -0.2) is 0 Å². The first-order valence-electron chi connectivity index (χ1n) is 6.92. The number of hydrogen-bond donors (Lipinski definition) is 0. The molecule has 0 aromatic heterocycles. The molecule has 0 radical (unpaired) electrons. The Hall–Kier alpha value is -1.02. The summed E-state index contributed by atoms with van der Waals surface area (Å²) in [6, 6.07) is 4.31. The van der Waals surface area contributed by atoms with Gasteiger partial charge < -0.3 is 9.47 Å². The lowest BCUT2D eigenvalue weighted by Gasteiger charge is -2.16. The van der Waals surface area contributed by atoms with E-state index in [0.29, 0.717) is 18.1 Å². The highest BCUT2D eigenvalue weighted by Crippen LogP contribution is 2.33. The van der Waals surface area contributed by atoms with Crippen LogP contribution >= 0.6 is 0 Å². The second-order valence-electron chi connectivity index (χ2n) is 5.39. The molecule has 100 valence electrons. The van der Waals surface area contributed by atoms with Crippen LogP contribution in [0.2, 0.25) is 0 Å². The first-order chi connectivity index (χ1) is 8.54. The lowest BCUT2D eigenvalue weighted by molar-refractivity contribution is 0.327. The van der Waals surface area contributed by atoms with Crippen LogP contribution < -0.4 is 4.74 Å². The van der Waals surface area contributed by atoms with Crippen LogP contribution in [0.4, 0.5) is 0 Å². The molecular formula is C16H24O2. The molecule has 3 atom stereocenters. The number of benzene rings is 1. The topological polar surface area (TPSA) is 21.8 Å². The molecule has 0 aliphatic carbocycles. The first-order valence-corrected chi connectivity index (χ1v) is 6.92. The van der Waals surface area contributed by atoms with Crippen molar-refractivity contribution in [1.82, 2.24) is 0 Å². The van der Waals surface area contributed by atoms with E-state index in [9.17, 15) is 0 Å². The summed E-state index contributed by atoms with van der Waals surface area (Å²) in [6.45, 7) is 11.5. The average molecular weight is 248 g/mol. The quantitative estimate of drug-likeness (QED) is 0.742. The van der Waals surface area contributed by atoms with Gasteiger partial charge in [-0.3, -0.25) is 0 Å². The predicted octanol–water partition coefficient (Wildman–Crippen LogP) is 3.67. The maximum absolute atomic E-state index is 5.63. The van der Waals surface area contributed by atoms with Gasteiger partial charge in [0.15, 0.2) is 0 Å². The van der Waals surface area contributed by atoms with Crippen LogP contribution in [-0.2, 0) is 11.2 Å². The summed E-state index contributed by atoms with van der Waals surface area (Å²) in [7, 11) is 0. The van der Waals surface area contributed by atoms with Gasteiger partial charge in [0.2, 0.25) is 0 Å². The lowest BCUT2D eigenvalue weighted by Crippen LogP contribution is -2.10. The van der Waals surface area contributed by atoms with Crippen LogP contribution in [0.25, 0.3) is 0 Å². The second kappa shape index (κ2) is 5.31. The summed E-state index contributed by atoms with van der Waals surface area (Å²) in [5.74, 6) is 1.61. The molecule has 0 saturated carbocycles. The minimum Gasteiger partial charge on any atom is -0.494 e. The SMILES string of the molecule is CCOc1ccc(CC(C)C2OC2C)c(C)c1C. The van der Waals surface area contributed by atoms with Gasteiger partial charge in [0.1, 0.15) is 5.75 Å². The highest BCUT2D eigenvalue weighted by atomic mass is 16.6. The van der Waals surface area contributed by atoms with E-state index in [4.69, 9.17) is 9.47 Å². The van der Waals surface area contributed by atoms with E-state index >= 15 is 0 Å². The largest absolute Gasteiger partial charge is 0.494 e. The zero-order valence-corrected chi connectivity index (χ0v) is 12.1. The zero-order chi connectivity index (χ0) is 13.3. The van der Waals surface area contributed by atoms with Crippen molar-refractivity contribution < 1.29 is 9.47 Å². The minimum atomic E-state index is 0.448. The van der Waals surface area contributed by atoms with Gasteiger partial charge >= 0.3 is 0 Å². The van der Waals surface area contributed by atoms with Crippen LogP contribution in [0.1, 0.15) is 37.5 Å². The zero-order valence-electron chi connectivity index (χ0n) is 12.1. The molecule has 1 aliphatic heterocycles. The molecule has 1 aromatic rings. The van der Waals surface area contributed by atoms with Crippen molar-refractivity contribution in [2.75, 3.05) is 6.61 Å². The molecule has 18 heavy (non-hydrogen) atoms. The van der Waals surface area contributed by atoms with Crippen molar-refractivity contribution in [3.05, 3.63) is 28.8 Å². The Kier molecular flexibility index (Phi) is 3.96. The van der Waals surface area contributed by atoms with Crippen molar-refractivity contribution in [3.63, 3.8) is 0 Å². The van der Waals surface area contributed by atoms with E-state index in [0.717, 1.165) is 18.8 Å². The monoisotopic (exact) mass is 248 g/mol. The highest BCUT2D eigenvalue weighted by molar-refractivity contribution is 5.43. The Morgan fingerprint density at radius 1 is 1.28 bits per heavy atom. The third kappa shape index (κ3) is 2.69. The fraction of sp³-hybridized carbons (Fsp3) is 0.625. The molecule has 1 aromatic carbocycles. The number of rotatable bonds is 5. The summed E-state index contributed by atoms with van der Waals surface area (Å²) >= 11 is 0. The summed E-state index contributed by atoms with van der Waals surface area (Å²) in [6.07, 6.45) is 1.99. The maximum atomic E-state index is 5.63. The molecule has 0 N–H and O–H groups in total. The molecule has 2 heteroatoms. The molecule has 0 spiro atoms. The van der Waals surface area contributed by atoms with Gasteiger partial charge in [0.25, 0.3) is 0 Å². The molecule has 3 unspecified atom stereocenters. The number of epoxide rings is 1. The van der Waals surface area contributed by atoms with Crippen molar-refractivity contribution in [3.8, 4) is 5.75 Å². The van der Waals surface area contributed by atoms with Gasteiger partial charge in [0, 0.05) is 0 Å². The van der Waals surface area contributed by atoms with Crippen LogP contribution in [0.3, 0.4) is 0 Å². The standard InChI is InChI=1S/C16H24O2/c1-6-17-15-8-7-14(11(3)12(15)4)9-10(2)16-13(5)18-16/h7-8,10,13,16H,6,9H2,1-5H3. The smallest absolute Gasteiger partial charge is 0.122 e. The van der Waals surface area contributed by atoms with E-state index in [1.807, 2.05) is 6.92 Å². The Balaban J connectivity index is 2.11. The predicted molar refractivity (Wildman–Crippen MR) is 74.3 cm³/mol. The molecule has 2 nitrogen and oxygen atoms in total. The van der Waals surface area contributed by atoms with E-state index in [2.05, 4.69) is 39.8 Å². The summed E-state index contributed by atoms with van der Waals surface area (Å²) in [5.41, 5.74) is 4.05. The van der Waals surface area contributed by atoms with Crippen molar-refractivity contribution >= 4 is 0 Å². The summed E-state index contributed by atoms with van der Waals surface area (Å²) in [5, 5.41) is 0. The number of hydrogen-bond acceptors (Lipinski definition) is 2. The third-order valence-corrected chi connectivity index (χ3v) is 4.01. The van der Waals surface area contributed by atoms with Gasteiger partial charge in [0.05, 0.1) is 18.8 Å². The minimum absolute atomic E-state index is 0.448. The molecule has 1 heterocycles. The molecule has 1 fully saturated rings. The number of ether oxygens (including phenoxy) is 2. The van der Waals surface area contributed by atoms with Crippen molar-refractivity contribution in [2.24, 2.45) is 5.92 Å². The van der Waals surface area contributed by atoms with Gasteiger partial charge in [-0.05, 0) is 62.8 Å². The molecule has 1 aliphatic rings. The van der Waals surface area contributed by atoms with Crippen molar-refractivity contribution in [1.29, 1.82) is 0 Å². The third-order valence-electron chi connectivity index (χ3n) is 4.01. The Morgan fingerprint density at radius 2 is 1.94 bits per heavy atom. The first kappa shape index (κ1) is 13.4. The molecule has 2 rings (SSSR count). The normalized spacial score (nSPS) is 23.8. The fourth-order valence-electron chi connectivity index (χ4n) is 2.65. The van der Waals surface area contributed by atoms with E-state index < -0.39 is 0 Å². The van der Waals surface area contributed by atoms with Crippen molar-refractivity contribution in [2.45, 2.75) is 53.2 Å². The average Bonchev–Trinajstić information content (AvgIpc) is 3.06. The van der Waals surface area contributed by atoms with E-state index in [1.54, 1.807) is 0 Å². The Bertz CT molecular complexity index is 425. The second-order valence-corrected chi connectivity index (χ2v) is 5.39. The van der Waals surface area contributed by atoms with Gasteiger partial charge in [-0.1, -0.05) is 13.0 Å². The molecule has 0 amide bonds. The van der Waals surface area contributed by atoms with E-state index in [-0.39, 0.29) is 0 Å². The van der Waals surface area contributed by atoms with Crippen LogP contribution in [-0.4, -0.2) is 18.8 Å². The van der Waals surface area contributed by atoms with Crippen LogP contribution in [0, 0.1) is 19.8 Å². The molecule has 1 saturated heterocycles. The lowest BCUT2D eigenvalue weighted by atomic mass is 9.92. The fourth-order valence-corrected chi connectivity index (χ4v) is 2.65. The van der Waals surface area contributed by atoms with E-state index in [1.165, 1.54) is 16.7 Å². The summed E-state index contributed by atoms with van der Waals surface area (Å²) < 4.78 is 11.2. The molecular weight excluding hydrogens is 224 g/mol. The Labute approximate surface area is 110 Å². The maximum Gasteiger partial charge on any atom is 0.122 e.